The highest BCUT2D eigenvalue weighted by molar-refractivity contribution is 6.04. The zero-order valence-electron chi connectivity index (χ0n) is 14.1. The Labute approximate surface area is 160 Å². The van der Waals surface area contributed by atoms with E-state index in [0.717, 1.165) is 12.1 Å². The smallest absolute Gasteiger partial charge is 0.319 e. The second-order valence-electron chi connectivity index (χ2n) is 6.00. The van der Waals surface area contributed by atoms with Crippen molar-refractivity contribution in [3.8, 4) is 0 Å². The monoisotopic (exact) mass is 439 g/mol. The summed E-state index contributed by atoms with van der Waals surface area (Å²) in [5.41, 5.74) is -11.9. The Morgan fingerprint density at radius 3 is 1.90 bits per heavy atom. The molecule has 1 aliphatic rings. The normalized spacial score (nSPS) is 18.4. The van der Waals surface area contributed by atoms with Gasteiger partial charge in [-0.25, -0.2) is 26.3 Å². The Hall–Kier alpha value is -3.31. The van der Waals surface area contributed by atoms with Crippen LogP contribution in [0.4, 0.5) is 39.5 Å². The number of carbonyl (C=O) groups is 2. The van der Waals surface area contributed by atoms with Gasteiger partial charge in [0.25, 0.3) is 11.7 Å². The molecule has 1 amide bonds. The number of alkyl halides is 4. The van der Waals surface area contributed by atoms with Crippen LogP contribution >= 0.6 is 0 Å². The van der Waals surface area contributed by atoms with Crippen molar-refractivity contribution >= 4 is 17.5 Å². The molecule has 3 rings (SSSR count). The van der Waals surface area contributed by atoms with Gasteiger partial charge < -0.3 is 5.32 Å². The topological polar surface area (TPSA) is 46.2 Å². The number of carbonyl (C=O) groups excluding carboxylic acids is 2. The standard InChI is InChI=1S/C18H6F9NO2/c19-9-7-8(11(21)13(23)12(9)22)17(24,16(30)18(25,26)27)14(10(7)20)28-15(29)6-4-2-1-3-5-6/h1-5H,(H,28,29). The molecule has 3 nitrogen and oxygen atoms in total. The minimum absolute atomic E-state index is 0.367. The van der Waals surface area contributed by atoms with Gasteiger partial charge in [-0.2, -0.15) is 13.2 Å². The van der Waals surface area contributed by atoms with Gasteiger partial charge in [0, 0.05) is 5.56 Å². The number of nitrogens with one attached hydrogen (secondary N) is 1. The molecule has 0 aromatic heterocycles. The van der Waals surface area contributed by atoms with Crippen molar-refractivity contribution in [3.63, 3.8) is 0 Å². The molecule has 2 aromatic carbocycles. The third-order valence-electron chi connectivity index (χ3n) is 4.24. The lowest BCUT2D eigenvalue weighted by Gasteiger charge is -2.25. The van der Waals surface area contributed by atoms with Crippen LogP contribution in [-0.2, 0) is 10.5 Å². The molecule has 158 valence electrons. The first-order valence-electron chi connectivity index (χ1n) is 7.77. The van der Waals surface area contributed by atoms with Gasteiger partial charge >= 0.3 is 6.18 Å². The molecule has 0 spiro atoms. The summed E-state index contributed by atoms with van der Waals surface area (Å²) in [6, 6.07) is 6.04. The van der Waals surface area contributed by atoms with E-state index < -0.39 is 69.5 Å². The Morgan fingerprint density at radius 1 is 0.833 bits per heavy atom. The summed E-state index contributed by atoms with van der Waals surface area (Å²) in [7, 11) is 0. The number of ketones is 1. The lowest BCUT2D eigenvalue weighted by molar-refractivity contribution is -0.182. The number of rotatable bonds is 3. The maximum atomic E-state index is 15.5. The average Bonchev–Trinajstić information content (AvgIpc) is 2.92. The van der Waals surface area contributed by atoms with E-state index in [2.05, 4.69) is 0 Å². The maximum Gasteiger partial charge on any atom is 0.454 e. The van der Waals surface area contributed by atoms with Crippen molar-refractivity contribution in [1.82, 2.24) is 5.32 Å². The molecule has 0 saturated heterocycles. The Morgan fingerprint density at radius 2 is 1.37 bits per heavy atom. The van der Waals surface area contributed by atoms with Gasteiger partial charge in [-0.1, -0.05) is 18.2 Å². The van der Waals surface area contributed by atoms with E-state index in [1.165, 1.54) is 23.5 Å². The Bertz CT molecular complexity index is 1110. The second kappa shape index (κ2) is 6.89. The quantitative estimate of drug-likeness (QED) is 0.431. The third kappa shape index (κ3) is 2.94. The zero-order valence-corrected chi connectivity index (χ0v) is 14.1. The van der Waals surface area contributed by atoms with Crippen LogP contribution in [0.25, 0.3) is 5.83 Å². The molecular formula is C18H6F9NO2. The van der Waals surface area contributed by atoms with Crippen molar-refractivity contribution in [2.75, 3.05) is 0 Å². The van der Waals surface area contributed by atoms with Crippen molar-refractivity contribution in [1.29, 1.82) is 0 Å². The van der Waals surface area contributed by atoms with Crippen LogP contribution in [0, 0.1) is 23.3 Å². The number of amides is 1. The van der Waals surface area contributed by atoms with Crippen LogP contribution in [0.3, 0.4) is 0 Å². The van der Waals surface area contributed by atoms with Crippen LogP contribution in [0.15, 0.2) is 36.0 Å². The minimum atomic E-state index is -6.10. The van der Waals surface area contributed by atoms with E-state index >= 15 is 4.39 Å². The van der Waals surface area contributed by atoms with E-state index in [0.29, 0.717) is 0 Å². The predicted molar refractivity (Wildman–Crippen MR) is 82.1 cm³/mol. The summed E-state index contributed by atoms with van der Waals surface area (Å²) < 4.78 is 124. The van der Waals surface area contributed by atoms with Gasteiger partial charge in [0.2, 0.25) is 5.67 Å². The number of allylic oxidation sites excluding steroid dienone is 1. The lowest BCUT2D eigenvalue weighted by atomic mass is 9.89. The number of Topliss-reactive ketones (excluding diaryl/α,β-unsaturated/α-hetero) is 1. The highest BCUT2D eigenvalue weighted by Gasteiger charge is 2.64. The maximum absolute atomic E-state index is 15.5. The largest absolute Gasteiger partial charge is 0.454 e. The number of hydrogen-bond donors (Lipinski definition) is 1. The van der Waals surface area contributed by atoms with Gasteiger partial charge in [0.15, 0.2) is 29.1 Å². The molecule has 1 aliphatic carbocycles. The molecule has 12 heteroatoms. The summed E-state index contributed by atoms with van der Waals surface area (Å²) in [6.07, 6.45) is -6.10. The van der Waals surface area contributed by atoms with E-state index in [4.69, 9.17) is 0 Å². The van der Waals surface area contributed by atoms with Gasteiger partial charge in [0.05, 0.1) is 11.1 Å². The van der Waals surface area contributed by atoms with Crippen molar-refractivity contribution in [3.05, 3.63) is 76.0 Å². The molecule has 1 unspecified atom stereocenters. The zero-order chi connectivity index (χ0) is 22.6. The molecule has 1 atom stereocenters. The molecule has 0 aliphatic heterocycles. The summed E-state index contributed by atoms with van der Waals surface area (Å²) in [4.78, 5) is 23.9. The lowest BCUT2D eigenvalue weighted by Crippen LogP contribution is -2.46. The Balaban J connectivity index is 2.30. The fourth-order valence-electron chi connectivity index (χ4n) is 2.90. The average molecular weight is 439 g/mol. The minimum Gasteiger partial charge on any atom is -0.319 e. The van der Waals surface area contributed by atoms with Crippen LogP contribution < -0.4 is 5.32 Å². The predicted octanol–water partition coefficient (Wildman–Crippen LogP) is 4.62. The molecule has 0 saturated carbocycles. The second-order valence-corrected chi connectivity index (χ2v) is 6.00. The number of hydrogen-bond acceptors (Lipinski definition) is 2. The van der Waals surface area contributed by atoms with Gasteiger partial charge in [-0.15, -0.1) is 0 Å². The van der Waals surface area contributed by atoms with Crippen LogP contribution in [0.5, 0.6) is 0 Å². The summed E-state index contributed by atoms with van der Waals surface area (Å²) in [5.74, 6) is -18.1. The number of benzene rings is 2. The number of halogens is 9. The first kappa shape index (κ1) is 21.4. The van der Waals surface area contributed by atoms with Crippen LogP contribution in [0.2, 0.25) is 0 Å². The van der Waals surface area contributed by atoms with E-state index in [9.17, 15) is 44.7 Å². The molecular weight excluding hydrogens is 433 g/mol. The first-order valence-corrected chi connectivity index (χ1v) is 7.77. The molecule has 2 aromatic rings. The summed E-state index contributed by atoms with van der Waals surface area (Å²) in [5, 5.41) is 1.32. The molecule has 0 fully saturated rings. The Kier molecular flexibility index (Phi) is 4.91. The molecule has 0 heterocycles. The van der Waals surface area contributed by atoms with Crippen molar-refractivity contribution < 1.29 is 49.1 Å². The first-order chi connectivity index (χ1) is 13.8. The fourth-order valence-corrected chi connectivity index (χ4v) is 2.90. The number of fused-ring (bicyclic) bond motifs is 1. The molecule has 1 N–H and O–H groups in total. The SMILES string of the molecule is O=C(NC1=C(F)c2c(F)c(F)c(F)c(F)c2C1(F)C(=O)C(F)(F)F)c1ccccc1. The van der Waals surface area contributed by atoms with Gasteiger partial charge in [0.1, 0.15) is 5.70 Å². The fraction of sp³-hybridized carbons (Fsp3) is 0.111. The molecule has 0 bridgehead atoms. The highest BCUT2D eigenvalue weighted by Crippen LogP contribution is 2.52. The third-order valence-corrected chi connectivity index (χ3v) is 4.24. The molecule has 0 radical (unpaired) electrons. The van der Waals surface area contributed by atoms with Gasteiger partial charge in [-0.05, 0) is 12.1 Å². The highest BCUT2D eigenvalue weighted by atomic mass is 19.4. The van der Waals surface area contributed by atoms with Crippen molar-refractivity contribution in [2.45, 2.75) is 11.8 Å². The van der Waals surface area contributed by atoms with Crippen molar-refractivity contribution in [2.24, 2.45) is 0 Å². The van der Waals surface area contributed by atoms with E-state index in [-0.39, 0.29) is 5.56 Å². The van der Waals surface area contributed by atoms with E-state index in [1.807, 2.05) is 0 Å². The van der Waals surface area contributed by atoms with E-state index in [1.54, 1.807) is 0 Å². The summed E-state index contributed by atoms with van der Waals surface area (Å²) >= 11 is 0. The van der Waals surface area contributed by atoms with Crippen LogP contribution in [-0.4, -0.2) is 17.9 Å². The summed E-state index contributed by atoms with van der Waals surface area (Å²) in [6.45, 7) is 0. The molecule has 30 heavy (non-hydrogen) atoms. The van der Waals surface area contributed by atoms with Gasteiger partial charge in [-0.3, -0.25) is 9.59 Å². The van der Waals surface area contributed by atoms with Crippen LogP contribution in [0.1, 0.15) is 21.5 Å².